The van der Waals surface area contributed by atoms with Crippen molar-refractivity contribution < 1.29 is 8.81 Å². The number of hydrogen-bond acceptors (Lipinski definition) is 4. The molecule has 0 atom stereocenters. The van der Waals surface area contributed by atoms with Gasteiger partial charge in [0.25, 0.3) is 4.84 Å². The maximum atomic E-state index is 13.0. The van der Waals surface area contributed by atoms with E-state index in [1.54, 1.807) is 16.8 Å². The van der Waals surface area contributed by atoms with E-state index >= 15 is 0 Å². The van der Waals surface area contributed by atoms with Crippen LogP contribution in [-0.4, -0.2) is 9.78 Å². The molecule has 0 aliphatic heterocycles. The highest BCUT2D eigenvalue weighted by molar-refractivity contribution is 7.71. The fraction of sp³-hybridized carbons (Fsp3) is 0.579. The minimum absolute atomic E-state index is 0.115. The molecule has 0 radical (unpaired) electrons. The van der Waals surface area contributed by atoms with Gasteiger partial charge in [0.15, 0.2) is 0 Å². The molecule has 25 heavy (non-hydrogen) atoms. The van der Waals surface area contributed by atoms with E-state index in [9.17, 15) is 4.39 Å². The zero-order chi connectivity index (χ0) is 17.0. The maximum absolute atomic E-state index is 13.0. The average molecular weight is 359 g/mol. The monoisotopic (exact) mass is 359 g/mol. The smallest absolute Gasteiger partial charge is 0.288 e. The molecule has 132 valence electrons. The summed E-state index contributed by atoms with van der Waals surface area (Å²) in [5.74, 6) is 3.14. The molecule has 0 saturated heterocycles. The van der Waals surface area contributed by atoms with Gasteiger partial charge < -0.3 is 9.73 Å². The molecule has 4 fully saturated rings. The van der Waals surface area contributed by atoms with Crippen molar-refractivity contribution in [2.24, 2.45) is 17.8 Å². The lowest BCUT2D eigenvalue weighted by atomic mass is 9.49. The summed E-state index contributed by atoms with van der Waals surface area (Å²) in [6.07, 6.45) is 7.81. The zero-order valence-electron chi connectivity index (χ0n) is 14.1. The summed E-state index contributed by atoms with van der Waals surface area (Å²) in [6.45, 7) is 0.431. The van der Waals surface area contributed by atoms with Crippen LogP contribution in [-0.2, 0) is 12.1 Å². The van der Waals surface area contributed by atoms with Crippen molar-refractivity contribution in [3.05, 3.63) is 40.8 Å². The SMILES string of the molecule is Fc1ccc(NCn2nc(C34CC5CC(CC(C5)C3)C4)oc2=S)cc1. The summed E-state index contributed by atoms with van der Waals surface area (Å²) in [6, 6.07) is 6.29. The summed E-state index contributed by atoms with van der Waals surface area (Å²) < 4.78 is 20.7. The molecule has 4 saturated carbocycles. The highest BCUT2D eigenvalue weighted by Crippen LogP contribution is 2.60. The van der Waals surface area contributed by atoms with Gasteiger partial charge in [0.1, 0.15) is 12.5 Å². The van der Waals surface area contributed by atoms with Crippen LogP contribution in [0.1, 0.15) is 44.4 Å². The molecule has 1 N–H and O–H groups in total. The van der Waals surface area contributed by atoms with Gasteiger partial charge in [-0.25, -0.2) is 9.07 Å². The van der Waals surface area contributed by atoms with E-state index in [0.29, 0.717) is 11.5 Å². The lowest BCUT2D eigenvalue weighted by molar-refractivity contribution is -0.0181. The molecule has 1 heterocycles. The Morgan fingerprint density at radius 1 is 1.12 bits per heavy atom. The van der Waals surface area contributed by atoms with E-state index in [2.05, 4.69) is 5.32 Å². The van der Waals surface area contributed by atoms with E-state index in [1.165, 1.54) is 50.7 Å². The molecule has 4 nitrogen and oxygen atoms in total. The third-order valence-corrected chi connectivity index (χ3v) is 6.67. The van der Waals surface area contributed by atoms with Crippen LogP contribution < -0.4 is 5.32 Å². The summed E-state index contributed by atoms with van der Waals surface area (Å²) >= 11 is 5.40. The van der Waals surface area contributed by atoms with Crippen LogP contribution in [0.4, 0.5) is 10.1 Å². The minimum atomic E-state index is -0.243. The molecular weight excluding hydrogens is 337 g/mol. The van der Waals surface area contributed by atoms with Crippen LogP contribution in [0.3, 0.4) is 0 Å². The lowest BCUT2D eigenvalue weighted by Gasteiger charge is -2.55. The van der Waals surface area contributed by atoms with Gasteiger partial charge in [0.2, 0.25) is 5.89 Å². The number of halogens is 1. The fourth-order valence-electron chi connectivity index (χ4n) is 5.73. The first kappa shape index (κ1) is 15.6. The number of aromatic nitrogens is 2. The standard InChI is InChI=1S/C19H22FN3OS/c20-15-1-3-16(4-2-15)21-11-23-18(25)24-17(22-23)19-8-12-5-13(9-19)7-14(6-12)10-19/h1-4,12-14,21H,5-11H2. The van der Waals surface area contributed by atoms with Gasteiger partial charge in [-0.05, 0) is 92.8 Å². The molecule has 4 aliphatic rings. The van der Waals surface area contributed by atoms with Crippen LogP contribution in [0.2, 0.25) is 0 Å². The molecule has 0 amide bonds. The summed E-state index contributed by atoms with van der Waals surface area (Å²) in [5.41, 5.74) is 0.950. The highest BCUT2D eigenvalue weighted by atomic mass is 32.1. The fourth-order valence-corrected chi connectivity index (χ4v) is 5.91. The molecule has 4 aliphatic carbocycles. The van der Waals surface area contributed by atoms with Crippen molar-refractivity contribution in [3.8, 4) is 0 Å². The van der Waals surface area contributed by atoms with Crippen molar-refractivity contribution in [1.82, 2.24) is 9.78 Å². The van der Waals surface area contributed by atoms with Crippen LogP contribution in [0.15, 0.2) is 28.7 Å². The van der Waals surface area contributed by atoms with Crippen molar-refractivity contribution in [3.63, 3.8) is 0 Å². The predicted octanol–water partition coefficient (Wildman–Crippen LogP) is 4.88. The molecule has 4 bridgehead atoms. The van der Waals surface area contributed by atoms with Gasteiger partial charge in [-0.1, -0.05) is 0 Å². The quantitative estimate of drug-likeness (QED) is 0.790. The third-order valence-electron chi connectivity index (χ3n) is 6.38. The second-order valence-electron chi connectivity index (χ2n) is 8.21. The molecule has 0 spiro atoms. The first-order valence-electron chi connectivity index (χ1n) is 9.17. The van der Waals surface area contributed by atoms with Gasteiger partial charge in [-0.3, -0.25) is 0 Å². The first-order valence-corrected chi connectivity index (χ1v) is 9.58. The third kappa shape index (κ3) is 2.71. The number of hydrogen-bond donors (Lipinski definition) is 1. The Kier molecular flexibility index (Phi) is 3.52. The average Bonchev–Trinajstić information content (AvgIpc) is 2.95. The summed E-state index contributed by atoms with van der Waals surface area (Å²) in [7, 11) is 0. The summed E-state index contributed by atoms with van der Waals surface area (Å²) in [4.78, 5) is 0.417. The number of anilines is 1. The van der Waals surface area contributed by atoms with Crippen LogP contribution in [0, 0.1) is 28.4 Å². The van der Waals surface area contributed by atoms with Gasteiger partial charge in [0, 0.05) is 11.1 Å². The first-order chi connectivity index (χ1) is 12.1. The van der Waals surface area contributed by atoms with Crippen molar-refractivity contribution in [1.29, 1.82) is 0 Å². The van der Waals surface area contributed by atoms with Crippen molar-refractivity contribution in [2.75, 3.05) is 5.32 Å². The second-order valence-corrected chi connectivity index (χ2v) is 8.56. The van der Waals surface area contributed by atoms with E-state index in [1.807, 2.05) is 0 Å². The van der Waals surface area contributed by atoms with E-state index < -0.39 is 0 Å². The largest absolute Gasteiger partial charge is 0.413 e. The normalized spacial score (nSPS) is 32.9. The second kappa shape index (κ2) is 5.66. The Labute approximate surface area is 151 Å². The summed E-state index contributed by atoms with van der Waals surface area (Å²) in [5, 5.41) is 7.96. The van der Waals surface area contributed by atoms with Crippen LogP contribution >= 0.6 is 12.2 Å². The van der Waals surface area contributed by atoms with Crippen molar-refractivity contribution in [2.45, 2.75) is 50.6 Å². The Morgan fingerprint density at radius 2 is 1.72 bits per heavy atom. The molecule has 6 rings (SSSR count). The predicted molar refractivity (Wildman–Crippen MR) is 95.2 cm³/mol. The number of nitrogens with one attached hydrogen (secondary N) is 1. The minimum Gasteiger partial charge on any atom is -0.413 e. The molecular formula is C19H22FN3OS. The van der Waals surface area contributed by atoms with E-state index in [-0.39, 0.29) is 11.2 Å². The molecule has 1 aromatic carbocycles. The molecule has 2 aromatic rings. The Hall–Kier alpha value is -1.69. The number of rotatable bonds is 4. The van der Waals surface area contributed by atoms with E-state index in [0.717, 1.165) is 29.3 Å². The number of nitrogens with zero attached hydrogens (tertiary/aromatic N) is 2. The molecule has 6 heteroatoms. The molecule has 0 unspecified atom stereocenters. The highest BCUT2D eigenvalue weighted by Gasteiger charge is 2.54. The van der Waals surface area contributed by atoms with Gasteiger partial charge >= 0.3 is 0 Å². The Balaban J connectivity index is 1.37. The topological polar surface area (TPSA) is 43.0 Å². The maximum Gasteiger partial charge on any atom is 0.288 e. The number of benzene rings is 1. The Morgan fingerprint density at radius 3 is 2.32 bits per heavy atom. The zero-order valence-corrected chi connectivity index (χ0v) is 14.9. The van der Waals surface area contributed by atoms with E-state index in [4.69, 9.17) is 21.7 Å². The lowest BCUT2D eigenvalue weighted by Crippen LogP contribution is -2.48. The van der Waals surface area contributed by atoms with Gasteiger partial charge in [-0.2, -0.15) is 0 Å². The van der Waals surface area contributed by atoms with Gasteiger partial charge in [-0.15, -0.1) is 5.10 Å². The van der Waals surface area contributed by atoms with Gasteiger partial charge in [0.05, 0.1) is 0 Å². The van der Waals surface area contributed by atoms with Crippen LogP contribution in [0.5, 0.6) is 0 Å². The molecule has 1 aromatic heterocycles. The Bertz CT molecular complexity index is 806. The van der Waals surface area contributed by atoms with Crippen molar-refractivity contribution >= 4 is 17.9 Å². The van der Waals surface area contributed by atoms with Crippen LogP contribution in [0.25, 0.3) is 0 Å².